The Hall–Kier alpha value is -2.69. The fourth-order valence-corrected chi connectivity index (χ4v) is 1.81. The molecule has 0 aliphatic rings. The predicted molar refractivity (Wildman–Crippen MR) is 75.1 cm³/mol. The molecular formula is C15H15N3O2. The molecule has 0 aliphatic heterocycles. The molecule has 0 saturated heterocycles. The van der Waals surface area contributed by atoms with E-state index in [2.05, 4.69) is 15.8 Å². The summed E-state index contributed by atoms with van der Waals surface area (Å²) in [5.41, 5.74) is 7.42. The zero-order valence-corrected chi connectivity index (χ0v) is 11.3. The van der Waals surface area contributed by atoms with Gasteiger partial charge in [0.25, 0.3) is 11.8 Å². The lowest BCUT2D eigenvalue weighted by molar-refractivity contribution is 0.0843. The fourth-order valence-electron chi connectivity index (χ4n) is 1.81. The van der Waals surface area contributed by atoms with Crippen molar-refractivity contribution >= 4 is 11.8 Å². The minimum atomic E-state index is -0.455. The smallest absolute Gasteiger partial charge is 0.267 e. The van der Waals surface area contributed by atoms with E-state index >= 15 is 0 Å². The van der Waals surface area contributed by atoms with E-state index in [1.807, 2.05) is 26.0 Å². The monoisotopic (exact) mass is 269 g/mol. The van der Waals surface area contributed by atoms with Gasteiger partial charge in [0.05, 0.1) is 0 Å². The molecule has 1 heterocycles. The molecule has 2 rings (SSSR count). The Kier molecular flexibility index (Phi) is 4.10. The molecule has 0 unspecified atom stereocenters. The molecular weight excluding hydrogens is 254 g/mol. The second kappa shape index (κ2) is 5.97. The maximum Gasteiger partial charge on any atom is 0.288 e. The van der Waals surface area contributed by atoms with Gasteiger partial charge in [-0.05, 0) is 37.6 Å². The van der Waals surface area contributed by atoms with Crippen molar-refractivity contribution in [3.05, 3.63) is 65.0 Å². The molecule has 0 fully saturated rings. The number of hydrazine groups is 1. The summed E-state index contributed by atoms with van der Waals surface area (Å²) < 4.78 is 0. The van der Waals surface area contributed by atoms with Crippen molar-refractivity contribution in [2.24, 2.45) is 0 Å². The molecule has 2 amide bonds. The number of aryl methyl sites for hydroxylation is 2. The Labute approximate surface area is 117 Å². The second-order valence-corrected chi connectivity index (χ2v) is 4.44. The van der Waals surface area contributed by atoms with Crippen LogP contribution in [0.4, 0.5) is 0 Å². The van der Waals surface area contributed by atoms with Gasteiger partial charge < -0.3 is 0 Å². The molecule has 2 N–H and O–H groups in total. The van der Waals surface area contributed by atoms with Gasteiger partial charge in [-0.1, -0.05) is 23.8 Å². The van der Waals surface area contributed by atoms with E-state index in [1.54, 1.807) is 24.3 Å². The standard InChI is InChI=1S/C15H15N3O2/c1-10-6-7-12(11(2)9-10)14(19)17-18-15(20)13-5-3-4-8-16-13/h3-9H,1-2H3,(H,17,19)(H,18,20). The normalized spacial score (nSPS) is 9.90. The summed E-state index contributed by atoms with van der Waals surface area (Å²) in [6.07, 6.45) is 1.51. The summed E-state index contributed by atoms with van der Waals surface area (Å²) in [6.45, 7) is 3.81. The fraction of sp³-hybridized carbons (Fsp3) is 0.133. The zero-order valence-electron chi connectivity index (χ0n) is 11.3. The van der Waals surface area contributed by atoms with Crippen LogP contribution < -0.4 is 10.9 Å². The van der Waals surface area contributed by atoms with Crippen LogP contribution in [-0.4, -0.2) is 16.8 Å². The van der Waals surface area contributed by atoms with Crippen molar-refractivity contribution < 1.29 is 9.59 Å². The molecule has 0 radical (unpaired) electrons. The molecule has 0 bridgehead atoms. The zero-order chi connectivity index (χ0) is 14.5. The highest BCUT2D eigenvalue weighted by Crippen LogP contribution is 2.09. The number of hydrogen-bond acceptors (Lipinski definition) is 3. The van der Waals surface area contributed by atoms with E-state index in [0.717, 1.165) is 11.1 Å². The second-order valence-electron chi connectivity index (χ2n) is 4.44. The summed E-state index contributed by atoms with van der Waals surface area (Å²) in [6, 6.07) is 10.5. The van der Waals surface area contributed by atoms with Crippen molar-refractivity contribution in [3.8, 4) is 0 Å². The third-order valence-corrected chi connectivity index (χ3v) is 2.81. The van der Waals surface area contributed by atoms with Crippen molar-refractivity contribution in [2.45, 2.75) is 13.8 Å². The SMILES string of the molecule is Cc1ccc(C(=O)NNC(=O)c2ccccn2)c(C)c1. The van der Waals surface area contributed by atoms with Crippen molar-refractivity contribution in [2.75, 3.05) is 0 Å². The van der Waals surface area contributed by atoms with Crippen LogP contribution in [-0.2, 0) is 0 Å². The van der Waals surface area contributed by atoms with E-state index < -0.39 is 5.91 Å². The van der Waals surface area contributed by atoms with Gasteiger partial charge in [0.15, 0.2) is 0 Å². The van der Waals surface area contributed by atoms with Gasteiger partial charge in [-0.25, -0.2) is 0 Å². The van der Waals surface area contributed by atoms with Crippen LogP contribution in [0.25, 0.3) is 0 Å². The first kappa shape index (κ1) is 13.7. The number of pyridine rings is 1. The number of carbonyl (C=O) groups is 2. The first-order valence-electron chi connectivity index (χ1n) is 6.17. The van der Waals surface area contributed by atoms with Gasteiger partial charge >= 0.3 is 0 Å². The predicted octanol–water partition coefficient (Wildman–Crippen LogP) is 1.77. The molecule has 0 atom stereocenters. The quantitative estimate of drug-likeness (QED) is 0.816. The average Bonchev–Trinajstić information content (AvgIpc) is 2.45. The highest BCUT2D eigenvalue weighted by molar-refractivity contribution is 5.99. The van der Waals surface area contributed by atoms with Crippen LogP contribution in [0.15, 0.2) is 42.6 Å². The summed E-state index contributed by atoms with van der Waals surface area (Å²) in [7, 11) is 0. The summed E-state index contributed by atoms with van der Waals surface area (Å²) in [5, 5.41) is 0. The van der Waals surface area contributed by atoms with Gasteiger partial charge in [-0.2, -0.15) is 0 Å². The number of nitrogens with one attached hydrogen (secondary N) is 2. The highest BCUT2D eigenvalue weighted by Gasteiger charge is 2.11. The molecule has 20 heavy (non-hydrogen) atoms. The Morgan fingerprint density at radius 3 is 2.40 bits per heavy atom. The lowest BCUT2D eigenvalue weighted by Crippen LogP contribution is -2.42. The molecule has 0 spiro atoms. The number of carbonyl (C=O) groups excluding carboxylic acids is 2. The van der Waals surface area contributed by atoms with Crippen LogP contribution in [0.5, 0.6) is 0 Å². The van der Waals surface area contributed by atoms with E-state index in [-0.39, 0.29) is 11.6 Å². The van der Waals surface area contributed by atoms with Gasteiger partial charge in [0, 0.05) is 11.8 Å². The first-order valence-corrected chi connectivity index (χ1v) is 6.17. The molecule has 2 aromatic rings. The molecule has 1 aromatic heterocycles. The van der Waals surface area contributed by atoms with Gasteiger partial charge in [-0.15, -0.1) is 0 Å². The molecule has 1 aromatic carbocycles. The van der Waals surface area contributed by atoms with Crippen LogP contribution in [0.1, 0.15) is 32.0 Å². The van der Waals surface area contributed by atoms with E-state index in [4.69, 9.17) is 0 Å². The van der Waals surface area contributed by atoms with E-state index in [9.17, 15) is 9.59 Å². The number of nitrogens with zero attached hydrogens (tertiary/aromatic N) is 1. The maximum atomic E-state index is 12.0. The molecule has 0 saturated carbocycles. The molecule has 102 valence electrons. The van der Waals surface area contributed by atoms with Crippen LogP contribution in [0, 0.1) is 13.8 Å². The minimum Gasteiger partial charge on any atom is -0.267 e. The van der Waals surface area contributed by atoms with Gasteiger partial charge in [0.2, 0.25) is 0 Å². The van der Waals surface area contributed by atoms with Gasteiger partial charge in [-0.3, -0.25) is 25.4 Å². The summed E-state index contributed by atoms with van der Waals surface area (Å²) in [4.78, 5) is 27.6. The average molecular weight is 269 g/mol. The van der Waals surface area contributed by atoms with Crippen molar-refractivity contribution in [3.63, 3.8) is 0 Å². The highest BCUT2D eigenvalue weighted by atomic mass is 16.2. The number of amides is 2. The molecule has 5 nitrogen and oxygen atoms in total. The lowest BCUT2D eigenvalue weighted by atomic mass is 10.1. The van der Waals surface area contributed by atoms with E-state index in [1.165, 1.54) is 6.20 Å². The van der Waals surface area contributed by atoms with Crippen LogP contribution in [0.2, 0.25) is 0 Å². The van der Waals surface area contributed by atoms with Crippen molar-refractivity contribution in [1.82, 2.24) is 15.8 Å². The molecule has 0 aliphatic carbocycles. The first-order chi connectivity index (χ1) is 9.58. The summed E-state index contributed by atoms with van der Waals surface area (Å²) in [5.74, 6) is -0.810. The maximum absolute atomic E-state index is 12.0. The number of hydrogen-bond donors (Lipinski definition) is 2. The Balaban J connectivity index is 2.00. The number of rotatable bonds is 2. The van der Waals surface area contributed by atoms with Crippen molar-refractivity contribution in [1.29, 1.82) is 0 Å². The third kappa shape index (κ3) is 3.20. The minimum absolute atomic E-state index is 0.244. The number of aromatic nitrogens is 1. The Bertz CT molecular complexity index is 639. The lowest BCUT2D eigenvalue weighted by Gasteiger charge is -2.09. The van der Waals surface area contributed by atoms with Crippen LogP contribution >= 0.6 is 0 Å². The van der Waals surface area contributed by atoms with Gasteiger partial charge in [0.1, 0.15) is 5.69 Å². The molecule has 5 heteroatoms. The Morgan fingerprint density at radius 2 is 1.75 bits per heavy atom. The topological polar surface area (TPSA) is 71.1 Å². The summed E-state index contributed by atoms with van der Waals surface area (Å²) >= 11 is 0. The van der Waals surface area contributed by atoms with E-state index in [0.29, 0.717) is 5.56 Å². The van der Waals surface area contributed by atoms with Crippen LogP contribution in [0.3, 0.4) is 0 Å². The largest absolute Gasteiger partial charge is 0.288 e. The third-order valence-electron chi connectivity index (χ3n) is 2.81. The Morgan fingerprint density at radius 1 is 1.00 bits per heavy atom. The number of benzene rings is 1.